The van der Waals surface area contributed by atoms with Crippen molar-refractivity contribution in [3.63, 3.8) is 0 Å². The molecule has 15 heavy (non-hydrogen) atoms. The van der Waals surface area contributed by atoms with Gasteiger partial charge in [0.1, 0.15) is 0 Å². The van der Waals surface area contributed by atoms with Crippen molar-refractivity contribution in [3.05, 3.63) is 23.3 Å². The molecule has 2 N–H and O–H groups in total. The SMILES string of the molecule is CCN1CCc2c(SF)ccc(N)c2C1. The van der Waals surface area contributed by atoms with Gasteiger partial charge in [0.25, 0.3) is 0 Å². The average Bonchev–Trinajstić information content (AvgIpc) is 2.29. The number of likely N-dealkylation sites (N-methyl/N-ethyl adjacent to an activating group) is 1. The maximum Gasteiger partial charge on any atom is 0.0815 e. The minimum Gasteiger partial charge on any atom is -0.398 e. The van der Waals surface area contributed by atoms with Crippen LogP contribution in [0.25, 0.3) is 0 Å². The standard InChI is InChI=1S/C11H15FN2S/c1-2-14-6-5-8-9(7-14)10(13)3-4-11(8)15-12/h3-4H,2,5-7,13H2,1H3. The van der Waals surface area contributed by atoms with Gasteiger partial charge in [-0.2, -0.15) is 3.89 Å². The van der Waals surface area contributed by atoms with Crippen LogP contribution in [-0.4, -0.2) is 18.0 Å². The van der Waals surface area contributed by atoms with Crippen molar-refractivity contribution in [1.29, 1.82) is 0 Å². The number of nitrogen functional groups attached to an aromatic ring is 1. The van der Waals surface area contributed by atoms with Crippen molar-refractivity contribution < 1.29 is 3.89 Å². The number of halogens is 1. The summed E-state index contributed by atoms with van der Waals surface area (Å²) in [5, 5.41) is 0. The quantitative estimate of drug-likeness (QED) is 0.786. The highest BCUT2D eigenvalue weighted by atomic mass is 32.2. The minimum absolute atomic E-state index is 0.327. The van der Waals surface area contributed by atoms with Crippen LogP contribution in [0.5, 0.6) is 0 Å². The first-order valence-electron chi connectivity index (χ1n) is 5.17. The van der Waals surface area contributed by atoms with E-state index in [0.717, 1.165) is 47.8 Å². The van der Waals surface area contributed by atoms with Crippen LogP contribution < -0.4 is 5.73 Å². The first kappa shape index (κ1) is 10.8. The molecule has 0 bridgehead atoms. The van der Waals surface area contributed by atoms with Gasteiger partial charge in [-0.15, -0.1) is 0 Å². The van der Waals surface area contributed by atoms with Gasteiger partial charge in [0.15, 0.2) is 0 Å². The van der Waals surface area contributed by atoms with Crippen molar-refractivity contribution in [2.45, 2.75) is 24.8 Å². The Bertz CT molecular complexity index is 368. The maximum absolute atomic E-state index is 12.7. The van der Waals surface area contributed by atoms with E-state index in [0.29, 0.717) is 12.1 Å². The molecule has 0 saturated carbocycles. The topological polar surface area (TPSA) is 29.3 Å². The third-order valence-electron chi connectivity index (χ3n) is 3.01. The third-order valence-corrected chi connectivity index (χ3v) is 3.56. The lowest BCUT2D eigenvalue weighted by Crippen LogP contribution is -2.31. The lowest BCUT2D eigenvalue weighted by molar-refractivity contribution is 0.267. The van der Waals surface area contributed by atoms with Crippen molar-refractivity contribution >= 4 is 17.8 Å². The van der Waals surface area contributed by atoms with E-state index in [1.165, 1.54) is 0 Å². The lowest BCUT2D eigenvalue weighted by Gasteiger charge is -2.29. The third kappa shape index (κ3) is 1.96. The van der Waals surface area contributed by atoms with Crippen molar-refractivity contribution in [1.82, 2.24) is 4.90 Å². The summed E-state index contributed by atoms with van der Waals surface area (Å²) in [6.45, 7) is 5.01. The fourth-order valence-electron chi connectivity index (χ4n) is 2.07. The molecule has 82 valence electrons. The molecular weight excluding hydrogens is 211 g/mol. The number of anilines is 1. The summed E-state index contributed by atoms with van der Waals surface area (Å²) < 4.78 is 12.7. The second kappa shape index (κ2) is 4.41. The second-order valence-corrected chi connectivity index (χ2v) is 4.40. The molecule has 1 aliphatic heterocycles. The summed E-state index contributed by atoms with van der Waals surface area (Å²) in [6.07, 6.45) is 0.903. The van der Waals surface area contributed by atoms with Crippen LogP contribution >= 0.6 is 12.1 Å². The molecule has 1 aromatic rings. The van der Waals surface area contributed by atoms with E-state index in [9.17, 15) is 3.89 Å². The van der Waals surface area contributed by atoms with E-state index >= 15 is 0 Å². The summed E-state index contributed by atoms with van der Waals surface area (Å²) in [6, 6.07) is 3.58. The predicted octanol–water partition coefficient (Wildman–Crippen LogP) is 2.62. The van der Waals surface area contributed by atoms with Crippen LogP contribution in [0.2, 0.25) is 0 Å². The second-order valence-electron chi connectivity index (χ2n) is 3.81. The Morgan fingerprint density at radius 2 is 2.27 bits per heavy atom. The van der Waals surface area contributed by atoms with E-state index in [2.05, 4.69) is 11.8 Å². The molecule has 0 saturated heterocycles. The molecule has 1 aliphatic rings. The van der Waals surface area contributed by atoms with Crippen molar-refractivity contribution in [2.24, 2.45) is 0 Å². The highest BCUT2D eigenvalue weighted by molar-refractivity contribution is 7.94. The van der Waals surface area contributed by atoms with Crippen molar-refractivity contribution in [3.8, 4) is 0 Å². The molecule has 0 amide bonds. The number of benzene rings is 1. The Balaban J connectivity index is 2.40. The summed E-state index contributed by atoms with van der Waals surface area (Å²) >= 11 is 0.327. The van der Waals surface area contributed by atoms with E-state index in [4.69, 9.17) is 5.73 Å². The Labute approximate surface area is 93.9 Å². The summed E-state index contributed by atoms with van der Waals surface area (Å²) in [5.41, 5.74) is 8.94. The molecule has 1 aromatic carbocycles. The zero-order valence-electron chi connectivity index (χ0n) is 8.79. The smallest absolute Gasteiger partial charge is 0.0815 e. The van der Waals surface area contributed by atoms with Crippen LogP contribution in [-0.2, 0) is 13.0 Å². The van der Waals surface area contributed by atoms with Gasteiger partial charge in [0.05, 0.1) is 12.1 Å². The van der Waals surface area contributed by atoms with E-state index in [1.54, 1.807) is 12.1 Å². The van der Waals surface area contributed by atoms with E-state index in [1.807, 2.05) is 0 Å². The highest BCUT2D eigenvalue weighted by Crippen LogP contribution is 2.33. The molecule has 0 radical (unpaired) electrons. The Morgan fingerprint density at radius 3 is 2.93 bits per heavy atom. The largest absolute Gasteiger partial charge is 0.398 e. The fourth-order valence-corrected chi connectivity index (χ4v) is 2.50. The molecule has 0 aromatic heterocycles. The summed E-state index contributed by atoms with van der Waals surface area (Å²) in [7, 11) is 0. The average molecular weight is 226 g/mol. The van der Waals surface area contributed by atoms with E-state index < -0.39 is 0 Å². The highest BCUT2D eigenvalue weighted by Gasteiger charge is 2.20. The molecule has 0 aliphatic carbocycles. The first-order valence-corrected chi connectivity index (χ1v) is 5.89. The number of hydrogen-bond donors (Lipinski definition) is 1. The molecule has 0 spiro atoms. The van der Waals surface area contributed by atoms with Gasteiger partial charge in [-0.25, -0.2) is 0 Å². The summed E-state index contributed by atoms with van der Waals surface area (Å²) in [5.74, 6) is 0. The fraction of sp³-hybridized carbons (Fsp3) is 0.455. The molecular formula is C11H15FN2S. The number of nitrogens with zero attached hydrogens (tertiary/aromatic N) is 1. The molecule has 0 unspecified atom stereocenters. The lowest BCUT2D eigenvalue weighted by atomic mass is 9.98. The van der Waals surface area contributed by atoms with Crippen LogP contribution in [0.3, 0.4) is 0 Å². The predicted molar refractivity (Wildman–Crippen MR) is 62.5 cm³/mol. The van der Waals surface area contributed by atoms with Gasteiger partial charge in [0, 0.05) is 23.7 Å². The van der Waals surface area contributed by atoms with Crippen molar-refractivity contribution in [2.75, 3.05) is 18.8 Å². The first-order chi connectivity index (χ1) is 7.26. The minimum atomic E-state index is 0.327. The molecule has 4 heteroatoms. The zero-order valence-corrected chi connectivity index (χ0v) is 9.61. The molecule has 0 atom stereocenters. The Kier molecular flexibility index (Phi) is 3.17. The normalized spacial score (nSPS) is 16.4. The number of nitrogens with two attached hydrogens (primary N) is 1. The van der Waals surface area contributed by atoms with Gasteiger partial charge in [-0.05, 0) is 36.2 Å². The van der Waals surface area contributed by atoms with Crippen LogP contribution in [0, 0.1) is 0 Å². The summed E-state index contributed by atoms with van der Waals surface area (Å²) in [4.78, 5) is 3.06. The van der Waals surface area contributed by atoms with Gasteiger partial charge < -0.3 is 5.73 Å². The molecule has 0 fully saturated rings. The van der Waals surface area contributed by atoms with Gasteiger partial charge in [-0.3, -0.25) is 4.90 Å². The number of fused-ring (bicyclic) bond motifs is 1. The zero-order chi connectivity index (χ0) is 10.8. The maximum atomic E-state index is 12.7. The van der Waals surface area contributed by atoms with Crippen LogP contribution in [0.15, 0.2) is 17.0 Å². The Morgan fingerprint density at radius 1 is 1.47 bits per heavy atom. The van der Waals surface area contributed by atoms with E-state index in [-0.39, 0.29) is 0 Å². The molecule has 2 rings (SSSR count). The van der Waals surface area contributed by atoms with Gasteiger partial charge in [-0.1, -0.05) is 6.92 Å². The molecule has 2 nitrogen and oxygen atoms in total. The van der Waals surface area contributed by atoms with Crippen LogP contribution in [0.1, 0.15) is 18.1 Å². The van der Waals surface area contributed by atoms with Crippen LogP contribution in [0.4, 0.5) is 9.57 Å². The molecule has 1 heterocycles. The number of hydrogen-bond acceptors (Lipinski definition) is 3. The Hall–Kier alpha value is -0.740. The number of rotatable bonds is 2. The van der Waals surface area contributed by atoms with Gasteiger partial charge >= 0.3 is 0 Å². The van der Waals surface area contributed by atoms with Gasteiger partial charge in [0.2, 0.25) is 0 Å². The monoisotopic (exact) mass is 226 g/mol.